The van der Waals surface area contributed by atoms with Crippen molar-refractivity contribution in [2.75, 3.05) is 33.4 Å². The van der Waals surface area contributed by atoms with Gasteiger partial charge in [-0.1, -0.05) is 36.4 Å². The van der Waals surface area contributed by atoms with Crippen LogP contribution in [0, 0.1) is 6.92 Å². The summed E-state index contributed by atoms with van der Waals surface area (Å²) < 4.78 is 11.2. The molecule has 0 aliphatic carbocycles. The molecular weight excluding hydrogens is 481 g/mol. The Morgan fingerprint density at radius 3 is 2.79 bits per heavy atom. The number of phenolic OH excluding ortho intramolecular Hbond substituents is 1. The zero-order valence-corrected chi connectivity index (χ0v) is 19.6. The van der Waals surface area contributed by atoms with Gasteiger partial charge in [0.1, 0.15) is 6.10 Å². The highest BCUT2D eigenvalue weighted by molar-refractivity contribution is 14.0. The van der Waals surface area contributed by atoms with Crippen molar-refractivity contribution in [3.63, 3.8) is 0 Å². The normalized spacial score (nSPS) is 16.9. The zero-order chi connectivity index (χ0) is 19.9. The van der Waals surface area contributed by atoms with E-state index in [1.165, 1.54) is 11.1 Å². The number of methoxy groups -OCH3 is 1. The van der Waals surface area contributed by atoms with Crippen molar-refractivity contribution in [1.82, 2.24) is 10.2 Å². The molecule has 7 heteroatoms. The Labute approximate surface area is 190 Å². The van der Waals surface area contributed by atoms with Crippen LogP contribution < -0.4 is 10.1 Å². The maximum Gasteiger partial charge on any atom is 0.194 e. The summed E-state index contributed by atoms with van der Waals surface area (Å²) >= 11 is 0. The van der Waals surface area contributed by atoms with E-state index in [-0.39, 0.29) is 35.8 Å². The molecule has 1 fully saturated rings. The Morgan fingerprint density at radius 2 is 2.07 bits per heavy atom. The van der Waals surface area contributed by atoms with Gasteiger partial charge in [0, 0.05) is 18.7 Å². The van der Waals surface area contributed by atoms with Gasteiger partial charge in [0.05, 0.1) is 26.8 Å². The van der Waals surface area contributed by atoms with E-state index in [1.54, 1.807) is 13.2 Å². The molecule has 3 rings (SSSR count). The Balaban J connectivity index is 0.00000300. The average Bonchev–Trinajstić information content (AvgIpc) is 2.72. The van der Waals surface area contributed by atoms with E-state index < -0.39 is 0 Å². The van der Waals surface area contributed by atoms with Gasteiger partial charge in [-0.05, 0) is 31.0 Å². The number of aromatic hydroxyl groups is 1. The van der Waals surface area contributed by atoms with Gasteiger partial charge >= 0.3 is 0 Å². The SMILES string of the molecule is CCNC(=NCc1cccc(OC)c1O)N1CCOC(c2ccccc2C)C1.I. The minimum atomic E-state index is 0. The number of para-hydroxylation sites is 1. The number of halogens is 1. The molecular formula is C22H30IN3O3. The number of guanidine groups is 1. The van der Waals surface area contributed by atoms with E-state index in [2.05, 4.69) is 42.3 Å². The van der Waals surface area contributed by atoms with Crippen molar-refractivity contribution in [1.29, 1.82) is 0 Å². The zero-order valence-electron chi connectivity index (χ0n) is 17.2. The van der Waals surface area contributed by atoms with Crippen LogP contribution >= 0.6 is 24.0 Å². The molecule has 0 spiro atoms. The van der Waals surface area contributed by atoms with E-state index >= 15 is 0 Å². The molecule has 1 saturated heterocycles. The molecule has 2 N–H and O–H groups in total. The first kappa shape index (κ1) is 23.3. The third-order valence-electron chi connectivity index (χ3n) is 4.94. The number of nitrogens with one attached hydrogen (secondary N) is 1. The van der Waals surface area contributed by atoms with Crippen molar-refractivity contribution in [3.8, 4) is 11.5 Å². The van der Waals surface area contributed by atoms with Gasteiger partial charge in [-0.3, -0.25) is 0 Å². The second-order valence-electron chi connectivity index (χ2n) is 6.80. The molecule has 6 nitrogen and oxygen atoms in total. The minimum Gasteiger partial charge on any atom is -0.504 e. The summed E-state index contributed by atoms with van der Waals surface area (Å²) in [6.07, 6.45) is 0.0176. The fourth-order valence-electron chi connectivity index (χ4n) is 3.42. The van der Waals surface area contributed by atoms with Gasteiger partial charge in [-0.2, -0.15) is 0 Å². The molecule has 0 saturated carbocycles. The number of rotatable bonds is 5. The number of benzene rings is 2. The van der Waals surface area contributed by atoms with Crippen LogP contribution in [0.2, 0.25) is 0 Å². The fraction of sp³-hybridized carbons (Fsp3) is 0.409. The summed E-state index contributed by atoms with van der Waals surface area (Å²) in [6, 6.07) is 13.8. The lowest BCUT2D eigenvalue weighted by Gasteiger charge is -2.35. The molecule has 1 aliphatic heterocycles. The first-order valence-corrected chi connectivity index (χ1v) is 9.69. The molecule has 0 bridgehead atoms. The van der Waals surface area contributed by atoms with E-state index in [0.717, 1.165) is 31.2 Å². The van der Waals surface area contributed by atoms with Gasteiger partial charge in [-0.25, -0.2) is 4.99 Å². The number of phenols is 1. The highest BCUT2D eigenvalue weighted by atomic mass is 127. The molecule has 29 heavy (non-hydrogen) atoms. The molecule has 1 atom stereocenters. The van der Waals surface area contributed by atoms with Crippen molar-refractivity contribution >= 4 is 29.9 Å². The summed E-state index contributed by atoms with van der Waals surface area (Å²) in [7, 11) is 1.55. The van der Waals surface area contributed by atoms with Crippen molar-refractivity contribution in [3.05, 3.63) is 59.2 Å². The maximum absolute atomic E-state index is 10.3. The molecule has 0 radical (unpaired) electrons. The average molecular weight is 511 g/mol. The maximum atomic E-state index is 10.3. The fourth-order valence-corrected chi connectivity index (χ4v) is 3.42. The van der Waals surface area contributed by atoms with E-state index in [1.807, 2.05) is 18.2 Å². The summed E-state index contributed by atoms with van der Waals surface area (Å²) in [5.74, 6) is 1.43. The number of hydrogen-bond acceptors (Lipinski definition) is 4. The Bertz CT molecular complexity index is 829. The predicted molar refractivity (Wildman–Crippen MR) is 126 cm³/mol. The molecule has 1 heterocycles. The monoisotopic (exact) mass is 511 g/mol. The van der Waals surface area contributed by atoms with Crippen LogP contribution in [0.3, 0.4) is 0 Å². The van der Waals surface area contributed by atoms with E-state index in [4.69, 9.17) is 14.5 Å². The van der Waals surface area contributed by atoms with Gasteiger partial charge < -0.3 is 24.8 Å². The standard InChI is InChI=1S/C22H29N3O3.HI/c1-4-23-22(24-14-17-9-7-11-19(27-3)21(17)26)25-12-13-28-20(15-25)18-10-6-5-8-16(18)2;/h5-11,20,26H,4,12-15H2,1-3H3,(H,23,24);1H. The van der Waals surface area contributed by atoms with Gasteiger partial charge in [0.15, 0.2) is 17.5 Å². The molecule has 0 aromatic heterocycles. The lowest BCUT2D eigenvalue weighted by Crippen LogP contribution is -2.48. The highest BCUT2D eigenvalue weighted by Crippen LogP contribution is 2.30. The van der Waals surface area contributed by atoms with Crippen molar-refractivity contribution in [2.24, 2.45) is 4.99 Å². The molecule has 158 valence electrons. The highest BCUT2D eigenvalue weighted by Gasteiger charge is 2.25. The van der Waals surface area contributed by atoms with Crippen molar-refractivity contribution in [2.45, 2.75) is 26.5 Å². The van der Waals surface area contributed by atoms with Gasteiger partial charge in [0.25, 0.3) is 0 Å². The van der Waals surface area contributed by atoms with Crippen LogP contribution in [-0.4, -0.2) is 49.3 Å². The van der Waals surface area contributed by atoms with E-state index in [9.17, 15) is 5.11 Å². The molecule has 1 aliphatic rings. The minimum absolute atomic E-state index is 0. The molecule has 2 aromatic carbocycles. The third-order valence-corrected chi connectivity index (χ3v) is 4.94. The van der Waals surface area contributed by atoms with Crippen LogP contribution in [0.15, 0.2) is 47.5 Å². The quantitative estimate of drug-likeness (QED) is 0.363. The molecule has 0 amide bonds. The van der Waals surface area contributed by atoms with Crippen LogP contribution in [0.25, 0.3) is 0 Å². The first-order valence-electron chi connectivity index (χ1n) is 9.69. The second kappa shape index (κ2) is 11.3. The lowest BCUT2D eigenvalue weighted by atomic mass is 10.0. The Morgan fingerprint density at radius 1 is 1.28 bits per heavy atom. The molecule has 2 aromatic rings. The number of aryl methyl sites for hydroxylation is 1. The first-order chi connectivity index (χ1) is 13.6. The van der Waals surface area contributed by atoms with Crippen LogP contribution in [0.5, 0.6) is 11.5 Å². The number of aliphatic imine (C=N–C) groups is 1. The topological polar surface area (TPSA) is 66.3 Å². The van der Waals surface area contributed by atoms with Crippen molar-refractivity contribution < 1.29 is 14.6 Å². The van der Waals surface area contributed by atoms with Crippen LogP contribution in [0.1, 0.15) is 29.7 Å². The van der Waals surface area contributed by atoms with Gasteiger partial charge in [0.2, 0.25) is 0 Å². The number of ether oxygens (including phenoxy) is 2. The number of morpholine rings is 1. The predicted octanol–water partition coefficient (Wildman–Crippen LogP) is 3.87. The summed E-state index contributed by atoms with van der Waals surface area (Å²) in [5, 5.41) is 13.7. The third kappa shape index (κ3) is 5.76. The summed E-state index contributed by atoms with van der Waals surface area (Å²) in [5.41, 5.74) is 3.18. The smallest absolute Gasteiger partial charge is 0.194 e. The summed E-state index contributed by atoms with van der Waals surface area (Å²) in [6.45, 7) is 7.47. The summed E-state index contributed by atoms with van der Waals surface area (Å²) in [4.78, 5) is 6.98. The second-order valence-corrected chi connectivity index (χ2v) is 6.80. The van der Waals surface area contributed by atoms with E-state index in [0.29, 0.717) is 18.9 Å². The Kier molecular flexibility index (Phi) is 9.03. The van der Waals surface area contributed by atoms with Crippen LogP contribution in [-0.2, 0) is 11.3 Å². The number of nitrogens with zero attached hydrogens (tertiary/aromatic N) is 2. The van der Waals surface area contributed by atoms with Gasteiger partial charge in [-0.15, -0.1) is 24.0 Å². The lowest BCUT2D eigenvalue weighted by molar-refractivity contribution is -0.00834. The van der Waals surface area contributed by atoms with Crippen LogP contribution in [0.4, 0.5) is 0 Å². The molecule has 1 unspecified atom stereocenters. The largest absolute Gasteiger partial charge is 0.504 e. The number of hydrogen-bond donors (Lipinski definition) is 2. The Hall–Kier alpha value is -2.00.